The number of halogens is 1. The summed E-state index contributed by atoms with van der Waals surface area (Å²) >= 11 is 6.08. The molecule has 4 rings (SSSR count). The molecule has 1 unspecified atom stereocenters. The van der Waals surface area contributed by atoms with Gasteiger partial charge in [0.15, 0.2) is 5.49 Å². The number of carbonyl (C=O) groups excluding carboxylic acids is 2. The second-order valence-electron chi connectivity index (χ2n) is 5.60. The fourth-order valence-electron chi connectivity index (χ4n) is 2.62. The molecule has 0 aromatic carbocycles. The van der Waals surface area contributed by atoms with Crippen molar-refractivity contribution in [2.45, 2.75) is 18.3 Å². The number of hydrogen-bond donors (Lipinski definition) is 1. The molecule has 3 aliphatic rings. The Hall–Kier alpha value is -3.00. The van der Waals surface area contributed by atoms with E-state index in [0.29, 0.717) is 16.6 Å². The van der Waals surface area contributed by atoms with Crippen LogP contribution in [0.25, 0.3) is 0 Å². The lowest BCUT2D eigenvalue weighted by Gasteiger charge is -2.21. The zero-order valence-electron chi connectivity index (χ0n) is 13.0. The first-order chi connectivity index (χ1) is 12.0. The number of fused-ring (bicyclic) bond motifs is 2. The van der Waals surface area contributed by atoms with Crippen molar-refractivity contribution in [3.8, 4) is 0 Å². The number of allylic oxidation sites excluding steroid dienone is 5. The molecule has 3 heterocycles. The minimum atomic E-state index is -0.602. The molecule has 2 atom stereocenters. The number of dihydropyridines is 1. The first-order valence-corrected chi connectivity index (χ1v) is 7.93. The van der Waals surface area contributed by atoms with Crippen LogP contribution in [0.4, 0.5) is 10.7 Å². The monoisotopic (exact) mass is 354 g/mol. The molecule has 0 spiro atoms. The Morgan fingerprint density at radius 3 is 2.92 bits per heavy atom. The van der Waals surface area contributed by atoms with E-state index in [9.17, 15) is 9.59 Å². The topological polar surface area (TPSA) is 109 Å². The van der Waals surface area contributed by atoms with Crippen molar-refractivity contribution in [1.29, 1.82) is 0 Å². The van der Waals surface area contributed by atoms with Gasteiger partial charge in [-0.05, 0) is 24.6 Å². The highest BCUT2D eigenvalue weighted by molar-refractivity contribution is 6.27. The van der Waals surface area contributed by atoms with Crippen LogP contribution >= 0.6 is 11.6 Å². The van der Waals surface area contributed by atoms with E-state index in [1.165, 1.54) is 6.20 Å². The molecular formula is C16H11ClN6O2. The summed E-state index contributed by atoms with van der Waals surface area (Å²) in [7, 11) is 0. The van der Waals surface area contributed by atoms with Crippen LogP contribution in [0.1, 0.15) is 6.92 Å². The zero-order valence-corrected chi connectivity index (χ0v) is 13.7. The Bertz CT molecular complexity index is 1050. The summed E-state index contributed by atoms with van der Waals surface area (Å²) in [4.78, 5) is 43.1. The third-order valence-corrected chi connectivity index (χ3v) is 4.10. The van der Waals surface area contributed by atoms with Crippen LogP contribution in [-0.4, -0.2) is 39.0 Å². The van der Waals surface area contributed by atoms with Crippen LogP contribution < -0.4 is 16.2 Å². The second kappa shape index (κ2) is 5.82. The van der Waals surface area contributed by atoms with Crippen LogP contribution in [0.5, 0.6) is 0 Å². The quantitative estimate of drug-likeness (QED) is 0.802. The predicted molar refractivity (Wildman–Crippen MR) is 90.2 cm³/mol. The van der Waals surface area contributed by atoms with Gasteiger partial charge in [-0.25, -0.2) is 14.8 Å². The largest absolute Gasteiger partial charge is 0.369 e. The van der Waals surface area contributed by atoms with E-state index in [-0.39, 0.29) is 22.7 Å². The van der Waals surface area contributed by atoms with Crippen molar-refractivity contribution in [2.24, 2.45) is 15.0 Å². The number of aromatic nitrogens is 2. The number of alkyl halides is 1. The number of amides is 3. The summed E-state index contributed by atoms with van der Waals surface area (Å²) in [5.74, 6) is -0.0861. The lowest BCUT2D eigenvalue weighted by Crippen LogP contribution is -2.31. The van der Waals surface area contributed by atoms with Crippen molar-refractivity contribution >= 4 is 35.2 Å². The summed E-state index contributed by atoms with van der Waals surface area (Å²) in [6.45, 7) is 1.80. The first kappa shape index (κ1) is 15.5. The number of nitrogens with one attached hydrogen (secondary N) is 1. The van der Waals surface area contributed by atoms with Crippen molar-refractivity contribution in [3.05, 3.63) is 52.5 Å². The maximum Gasteiger partial charge on any atom is 0.369 e. The molecule has 0 saturated heterocycles. The average molecular weight is 355 g/mol. The summed E-state index contributed by atoms with van der Waals surface area (Å²) in [6.07, 6.45) is 8.51. The van der Waals surface area contributed by atoms with Crippen LogP contribution in [0.2, 0.25) is 0 Å². The zero-order chi connectivity index (χ0) is 17.6. The summed E-state index contributed by atoms with van der Waals surface area (Å²) in [5, 5.41) is 3.12. The van der Waals surface area contributed by atoms with Crippen molar-refractivity contribution < 1.29 is 9.59 Å². The molecule has 124 valence electrons. The van der Waals surface area contributed by atoms with E-state index in [1.807, 2.05) is 6.08 Å². The van der Waals surface area contributed by atoms with Gasteiger partial charge in [0, 0.05) is 5.57 Å². The van der Waals surface area contributed by atoms with Crippen LogP contribution in [-0.2, 0) is 4.79 Å². The Morgan fingerprint density at radius 1 is 1.24 bits per heavy atom. The maximum atomic E-state index is 12.3. The van der Waals surface area contributed by atoms with Gasteiger partial charge >= 0.3 is 6.03 Å². The molecule has 8 nitrogen and oxygen atoms in total. The minimum Gasteiger partial charge on any atom is -0.347 e. The molecule has 1 aliphatic carbocycles. The minimum absolute atomic E-state index is 0.212. The van der Waals surface area contributed by atoms with Gasteiger partial charge in [0.1, 0.15) is 5.36 Å². The molecule has 0 radical (unpaired) electrons. The van der Waals surface area contributed by atoms with Gasteiger partial charge in [-0.1, -0.05) is 12.2 Å². The molecule has 25 heavy (non-hydrogen) atoms. The highest BCUT2D eigenvalue weighted by Gasteiger charge is 2.25. The number of aliphatic imine (C=N–C) groups is 1. The summed E-state index contributed by atoms with van der Waals surface area (Å²) in [5.41, 5.74) is 2.09. The number of anilines is 1. The van der Waals surface area contributed by atoms with Crippen LogP contribution in [0.15, 0.2) is 56.6 Å². The maximum absolute atomic E-state index is 12.3. The Balaban J connectivity index is 1.60. The Labute approximate surface area is 146 Å². The molecule has 0 saturated carbocycles. The fourth-order valence-corrected chi connectivity index (χ4v) is 2.82. The van der Waals surface area contributed by atoms with E-state index in [1.54, 1.807) is 25.2 Å². The first-order valence-electron chi connectivity index (χ1n) is 7.50. The molecular weight excluding hydrogens is 344 g/mol. The summed E-state index contributed by atoms with van der Waals surface area (Å²) in [6, 6.07) is -1.00. The average Bonchev–Trinajstić information content (AvgIpc) is 2.93. The van der Waals surface area contributed by atoms with E-state index in [4.69, 9.17) is 11.6 Å². The number of nitrogens with zero attached hydrogens (tertiary/aromatic N) is 5. The van der Waals surface area contributed by atoms with Crippen LogP contribution in [0.3, 0.4) is 0 Å². The lowest BCUT2D eigenvalue weighted by atomic mass is 9.95. The number of hydrogen-bond acceptors (Lipinski definition) is 5. The Kier molecular flexibility index (Phi) is 3.61. The van der Waals surface area contributed by atoms with Gasteiger partial charge in [-0.3, -0.25) is 4.79 Å². The molecule has 1 aromatic heterocycles. The van der Waals surface area contributed by atoms with Crippen molar-refractivity contribution in [2.75, 3.05) is 5.32 Å². The highest BCUT2D eigenvalue weighted by atomic mass is 35.5. The third-order valence-electron chi connectivity index (χ3n) is 3.83. The second-order valence-corrected chi connectivity index (χ2v) is 6.11. The van der Waals surface area contributed by atoms with E-state index < -0.39 is 12.1 Å². The normalized spacial score (nSPS) is 22.0. The number of carbonyl (C=O) groups is 2. The molecule has 9 heteroatoms. The molecule has 1 aromatic rings. The van der Waals surface area contributed by atoms with E-state index in [0.717, 1.165) is 5.57 Å². The van der Waals surface area contributed by atoms with Crippen LogP contribution in [0, 0.1) is 0 Å². The van der Waals surface area contributed by atoms with Crippen molar-refractivity contribution in [1.82, 2.24) is 9.97 Å². The fraction of sp³-hybridized carbons (Fsp3) is 0.188. The van der Waals surface area contributed by atoms with Crippen molar-refractivity contribution in [3.63, 3.8) is 0 Å². The van der Waals surface area contributed by atoms with Gasteiger partial charge < -0.3 is 5.32 Å². The predicted octanol–water partition coefficient (Wildman–Crippen LogP) is 0.661. The molecule has 3 amide bonds. The van der Waals surface area contributed by atoms with Gasteiger partial charge in [0.05, 0.1) is 23.3 Å². The van der Waals surface area contributed by atoms with Gasteiger partial charge in [-0.15, -0.1) is 11.6 Å². The number of rotatable bonds is 3. The SMILES string of the molecule is C[C@H](Nc1ncc2c(n1)=NC(=O)N=2)C1=CC2=CC(Cl)C=CC2=NC1=O. The molecule has 0 fully saturated rings. The standard InChI is InChI=1S/C16H11ClN6O2/c1-7(19-15-18-6-12-13(22-15)23-16(25)21-12)10-5-8-4-9(17)2-3-11(8)20-14(10)24/h2-7,9H,1H3,(H,19,22,23,25)/t7-,9?/m0/s1. The summed E-state index contributed by atoms with van der Waals surface area (Å²) < 4.78 is 0. The van der Waals surface area contributed by atoms with Gasteiger partial charge in [0.2, 0.25) is 5.95 Å². The smallest absolute Gasteiger partial charge is 0.347 e. The molecule has 1 N–H and O–H groups in total. The van der Waals surface area contributed by atoms with Gasteiger partial charge in [0.25, 0.3) is 5.91 Å². The molecule has 2 aliphatic heterocycles. The van der Waals surface area contributed by atoms with Gasteiger partial charge in [-0.2, -0.15) is 15.0 Å². The Morgan fingerprint density at radius 2 is 2.08 bits per heavy atom. The van der Waals surface area contributed by atoms with E-state index >= 15 is 0 Å². The number of urea groups is 1. The molecule has 0 bridgehead atoms. The third kappa shape index (κ3) is 2.91. The highest BCUT2D eigenvalue weighted by Crippen LogP contribution is 2.23. The van der Waals surface area contributed by atoms with E-state index in [2.05, 4.69) is 30.3 Å². The lowest BCUT2D eigenvalue weighted by molar-refractivity contribution is -0.114.